The van der Waals surface area contributed by atoms with Gasteiger partial charge in [0.05, 0.1) is 0 Å². The number of aryl methyl sites for hydroxylation is 1. The van der Waals surface area contributed by atoms with Crippen LogP contribution < -0.4 is 5.32 Å². The van der Waals surface area contributed by atoms with Crippen LogP contribution in [0.4, 0.5) is 0 Å². The van der Waals surface area contributed by atoms with Crippen molar-refractivity contribution in [3.05, 3.63) is 59.2 Å². The van der Waals surface area contributed by atoms with Gasteiger partial charge in [-0.15, -0.1) is 0 Å². The van der Waals surface area contributed by atoms with Gasteiger partial charge in [-0.2, -0.15) is 11.8 Å². The van der Waals surface area contributed by atoms with Gasteiger partial charge in [-0.25, -0.2) is 4.79 Å². The Morgan fingerprint density at radius 3 is 2.42 bits per heavy atom. The van der Waals surface area contributed by atoms with Crippen molar-refractivity contribution in [1.82, 2.24) is 10.2 Å². The third-order valence-electron chi connectivity index (χ3n) is 7.94. The second-order valence-electron chi connectivity index (χ2n) is 11.2. The molecule has 0 saturated heterocycles. The van der Waals surface area contributed by atoms with Gasteiger partial charge in [0, 0.05) is 17.6 Å². The van der Waals surface area contributed by atoms with Gasteiger partial charge in [0.25, 0.3) is 5.91 Å². The van der Waals surface area contributed by atoms with Gasteiger partial charge < -0.3 is 10.4 Å². The predicted octanol–water partition coefficient (Wildman–Crippen LogP) is 6.13. The number of amides is 1. The SMILES string of the molecule is CSCC[C@H](NC(=O)c1ccc(CN(C)C(C)(C)CC2CCCCC2)cc1-c1ccccc1C)C(=O)O.[LiH]. The molecule has 2 aromatic carbocycles. The van der Waals surface area contributed by atoms with Crippen LogP contribution >= 0.6 is 11.8 Å². The Bertz CT molecular complexity index is 1070. The molecule has 0 heterocycles. The van der Waals surface area contributed by atoms with Gasteiger partial charge in [-0.1, -0.05) is 62.4 Å². The maximum atomic E-state index is 13.4. The summed E-state index contributed by atoms with van der Waals surface area (Å²) in [7, 11) is 2.19. The summed E-state index contributed by atoms with van der Waals surface area (Å²) in [5.41, 5.74) is 4.66. The van der Waals surface area contributed by atoms with Gasteiger partial charge >= 0.3 is 24.8 Å². The molecule has 5 nitrogen and oxygen atoms in total. The first-order valence-corrected chi connectivity index (χ1v) is 14.9. The molecule has 2 aromatic rings. The average Bonchev–Trinajstić information content (AvgIpc) is 2.86. The molecule has 3 rings (SSSR count). The molecule has 38 heavy (non-hydrogen) atoms. The molecule has 0 aromatic heterocycles. The summed E-state index contributed by atoms with van der Waals surface area (Å²) < 4.78 is 0. The van der Waals surface area contributed by atoms with E-state index in [9.17, 15) is 14.7 Å². The first kappa shape index (κ1) is 32.5. The monoisotopic (exact) mass is 532 g/mol. The Hall–Kier alpha value is -1.71. The van der Waals surface area contributed by atoms with E-state index < -0.39 is 12.0 Å². The van der Waals surface area contributed by atoms with Crippen LogP contribution in [-0.4, -0.2) is 71.4 Å². The zero-order valence-corrected chi connectivity index (χ0v) is 24.0. The number of hydrogen-bond acceptors (Lipinski definition) is 4. The molecule has 0 radical (unpaired) electrons. The van der Waals surface area contributed by atoms with Crippen molar-refractivity contribution in [2.45, 2.75) is 83.8 Å². The molecule has 2 N–H and O–H groups in total. The van der Waals surface area contributed by atoms with E-state index in [0.717, 1.165) is 34.7 Å². The van der Waals surface area contributed by atoms with Crippen LogP contribution in [0.5, 0.6) is 0 Å². The van der Waals surface area contributed by atoms with E-state index in [1.807, 2.05) is 49.6 Å². The first-order valence-electron chi connectivity index (χ1n) is 13.5. The molecule has 0 spiro atoms. The van der Waals surface area contributed by atoms with E-state index in [0.29, 0.717) is 17.7 Å². The number of aliphatic carboxylic acids is 1. The molecule has 1 aliphatic carbocycles. The van der Waals surface area contributed by atoms with Gasteiger partial charge in [-0.3, -0.25) is 9.69 Å². The molecular formula is C31H45LiN2O3S. The molecule has 0 aliphatic heterocycles. The first-order chi connectivity index (χ1) is 17.6. The third-order valence-corrected chi connectivity index (χ3v) is 8.59. The van der Waals surface area contributed by atoms with Crippen LogP contribution in [-0.2, 0) is 11.3 Å². The summed E-state index contributed by atoms with van der Waals surface area (Å²) in [5, 5.41) is 12.4. The molecule has 1 saturated carbocycles. The van der Waals surface area contributed by atoms with Gasteiger partial charge in [0.2, 0.25) is 0 Å². The molecule has 1 fully saturated rings. The topological polar surface area (TPSA) is 69.6 Å². The number of hydrogen-bond donors (Lipinski definition) is 2. The Morgan fingerprint density at radius 1 is 1.11 bits per heavy atom. The number of nitrogens with zero attached hydrogens (tertiary/aromatic N) is 1. The third kappa shape index (κ3) is 8.91. The second kappa shape index (κ2) is 15.2. The summed E-state index contributed by atoms with van der Waals surface area (Å²) in [5.74, 6) is 0.125. The van der Waals surface area contributed by atoms with Crippen molar-refractivity contribution >= 4 is 42.5 Å². The zero-order valence-electron chi connectivity index (χ0n) is 23.2. The zero-order chi connectivity index (χ0) is 27.0. The number of nitrogens with one attached hydrogen (secondary N) is 1. The molecule has 7 heteroatoms. The molecule has 1 aliphatic rings. The predicted molar refractivity (Wildman–Crippen MR) is 162 cm³/mol. The second-order valence-corrected chi connectivity index (χ2v) is 12.2. The van der Waals surface area contributed by atoms with Crippen LogP contribution in [0.1, 0.15) is 80.3 Å². The van der Waals surface area contributed by atoms with E-state index in [1.54, 1.807) is 11.8 Å². The van der Waals surface area contributed by atoms with Crippen molar-refractivity contribution in [1.29, 1.82) is 0 Å². The number of benzene rings is 2. The number of carbonyl (C=O) groups is 2. The van der Waals surface area contributed by atoms with Crippen LogP contribution in [0.15, 0.2) is 42.5 Å². The van der Waals surface area contributed by atoms with E-state index in [4.69, 9.17) is 0 Å². The van der Waals surface area contributed by atoms with E-state index in [2.05, 4.69) is 37.2 Å². The van der Waals surface area contributed by atoms with Gasteiger partial charge in [0.15, 0.2) is 0 Å². The number of carboxylic acids is 1. The average molecular weight is 533 g/mol. The Kier molecular flexibility index (Phi) is 13.0. The minimum absolute atomic E-state index is 0. The number of carboxylic acid groups (broad SMARTS) is 1. The minimum atomic E-state index is -1.00. The summed E-state index contributed by atoms with van der Waals surface area (Å²) in [6.45, 7) is 7.51. The van der Waals surface area contributed by atoms with Crippen LogP contribution in [0.2, 0.25) is 0 Å². The summed E-state index contributed by atoms with van der Waals surface area (Å²) in [6.07, 6.45) is 10.3. The summed E-state index contributed by atoms with van der Waals surface area (Å²) in [6, 6.07) is 13.1. The van der Waals surface area contributed by atoms with E-state index in [-0.39, 0.29) is 30.3 Å². The molecule has 1 amide bonds. The molecule has 1 atom stereocenters. The maximum absolute atomic E-state index is 13.4. The fourth-order valence-corrected chi connectivity index (χ4v) is 5.93. The number of carbonyl (C=O) groups excluding carboxylic acids is 1. The quantitative estimate of drug-likeness (QED) is 0.322. The van der Waals surface area contributed by atoms with Crippen LogP contribution in [0.3, 0.4) is 0 Å². The standard InChI is InChI=1S/C31H44N2O3S.Li.H/c1-22-11-9-10-14-25(22)27-19-24(21-33(4)31(2,3)20-23-12-7-6-8-13-23)15-16-26(27)29(34)32-28(30(35)36)17-18-37-5;;/h9-11,14-16,19,23,28H,6-8,12-13,17-18,20-21H2,1-5H3,(H,32,34)(H,35,36);;/t28-;;/m0../s1. The Balaban J connectivity index is 0.00000507. The normalized spacial score (nSPS) is 15.1. The fourth-order valence-electron chi connectivity index (χ4n) is 5.46. The van der Waals surface area contributed by atoms with Crippen molar-refractivity contribution in [2.24, 2.45) is 5.92 Å². The van der Waals surface area contributed by atoms with Crippen molar-refractivity contribution < 1.29 is 14.7 Å². The Morgan fingerprint density at radius 2 is 1.79 bits per heavy atom. The van der Waals surface area contributed by atoms with Crippen LogP contribution in [0.25, 0.3) is 11.1 Å². The van der Waals surface area contributed by atoms with Crippen LogP contribution in [0, 0.1) is 12.8 Å². The van der Waals surface area contributed by atoms with E-state index in [1.165, 1.54) is 38.5 Å². The fraction of sp³-hybridized carbons (Fsp3) is 0.548. The molecule has 204 valence electrons. The summed E-state index contributed by atoms with van der Waals surface area (Å²) >= 11 is 1.57. The summed E-state index contributed by atoms with van der Waals surface area (Å²) in [4.78, 5) is 27.5. The molecule has 0 bridgehead atoms. The molecular weight excluding hydrogens is 487 g/mol. The Labute approximate surface area is 245 Å². The van der Waals surface area contributed by atoms with Gasteiger partial charge in [-0.05, 0) is 93.0 Å². The van der Waals surface area contributed by atoms with Crippen molar-refractivity contribution in [3.63, 3.8) is 0 Å². The van der Waals surface area contributed by atoms with Crippen molar-refractivity contribution in [3.8, 4) is 11.1 Å². The number of thioether (sulfide) groups is 1. The molecule has 0 unspecified atom stereocenters. The number of rotatable bonds is 12. The van der Waals surface area contributed by atoms with E-state index >= 15 is 0 Å². The van der Waals surface area contributed by atoms with Crippen molar-refractivity contribution in [2.75, 3.05) is 19.1 Å². The van der Waals surface area contributed by atoms with Gasteiger partial charge in [0.1, 0.15) is 6.04 Å².